The van der Waals surface area contributed by atoms with E-state index in [0.29, 0.717) is 0 Å². The Hall–Kier alpha value is -3.91. The van der Waals surface area contributed by atoms with Crippen molar-refractivity contribution >= 4 is 16.6 Å². The van der Waals surface area contributed by atoms with Gasteiger partial charge in [-0.2, -0.15) is 0 Å². The van der Waals surface area contributed by atoms with Crippen LogP contribution in [-0.4, -0.2) is 4.98 Å². The van der Waals surface area contributed by atoms with Gasteiger partial charge in [-0.1, -0.05) is 96.6 Å². The van der Waals surface area contributed by atoms with E-state index in [4.69, 9.17) is 0 Å². The largest absolute Gasteiger partial charge is 0.365 e. The molecule has 1 N–H and O–H groups in total. The summed E-state index contributed by atoms with van der Waals surface area (Å²) in [6, 6.07) is 36.5. The van der Waals surface area contributed by atoms with E-state index in [1.165, 1.54) is 38.8 Å². The van der Waals surface area contributed by atoms with Crippen LogP contribution in [0.4, 0.5) is 5.82 Å². The topological polar surface area (TPSA) is 24.9 Å². The van der Waals surface area contributed by atoms with Crippen LogP contribution in [0, 0.1) is 6.92 Å². The minimum atomic E-state index is 0.737. The molecule has 0 aliphatic rings. The third-order valence-corrected chi connectivity index (χ3v) is 5.64. The second-order valence-corrected chi connectivity index (χ2v) is 7.88. The molecule has 150 valence electrons. The summed E-state index contributed by atoms with van der Waals surface area (Å²) in [5.41, 5.74) is 7.45. The van der Waals surface area contributed by atoms with Crippen LogP contribution in [0.25, 0.3) is 33.0 Å². The molecular weight excluding hydrogens is 376 g/mol. The summed E-state index contributed by atoms with van der Waals surface area (Å²) in [5.74, 6) is 0.917. The molecule has 0 radical (unpaired) electrons. The molecule has 0 saturated heterocycles. The van der Waals surface area contributed by atoms with Crippen LogP contribution in [0.5, 0.6) is 0 Å². The lowest BCUT2D eigenvalue weighted by atomic mass is 10.0. The maximum Gasteiger partial charge on any atom is 0.134 e. The molecule has 1 aromatic heterocycles. The highest BCUT2D eigenvalue weighted by molar-refractivity contribution is 5.94. The summed E-state index contributed by atoms with van der Waals surface area (Å²) in [5, 5.41) is 5.85. The molecule has 0 unspecified atom stereocenters. The second kappa shape index (κ2) is 8.45. The molecule has 0 atom stereocenters. The van der Waals surface area contributed by atoms with Crippen molar-refractivity contribution in [2.24, 2.45) is 0 Å². The minimum Gasteiger partial charge on any atom is -0.365 e. The van der Waals surface area contributed by atoms with E-state index in [1.54, 1.807) is 0 Å². The Morgan fingerprint density at radius 3 is 2.16 bits per heavy atom. The second-order valence-electron chi connectivity index (χ2n) is 7.88. The van der Waals surface area contributed by atoms with E-state index in [2.05, 4.69) is 114 Å². The number of benzene rings is 4. The number of hydrogen-bond acceptors (Lipinski definition) is 2. The van der Waals surface area contributed by atoms with Gasteiger partial charge in [0.05, 0.1) is 0 Å². The van der Waals surface area contributed by atoms with Crippen molar-refractivity contribution in [1.82, 2.24) is 4.98 Å². The molecule has 31 heavy (non-hydrogen) atoms. The summed E-state index contributed by atoms with van der Waals surface area (Å²) in [4.78, 5) is 4.59. The van der Waals surface area contributed by atoms with Crippen molar-refractivity contribution in [2.75, 3.05) is 5.32 Å². The van der Waals surface area contributed by atoms with Crippen LogP contribution in [0.15, 0.2) is 109 Å². The normalized spacial score (nSPS) is 10.9. The van der Waals surface area contributed by atoms with Gasteiger partial charge in [0, 0.05) is 18.1 Å². The van der Waals surface area contributed by atoms with Gasteiger partial charge in [0.2, 0.25) is 0 Å². The number of hydrogen-bond donors (Lipinski definition) is 1. The highest BCUT2D eigenvalue weighted by Gasteiger charge is 2.05. The standard InChI is InChI=1S/C29H24N2/c1-21-6-5-9-25(18-21)24-12-10-22(11-13-24)20-31-29-28-15-14-26(19-27(28)16-17-30-29)23-7-3-2-4-8-23/h2-19H,20H2,1H3,(H,30,31). The van der Waals surface area contributed by atoms with Gasteiger partial charge in [0.1, 0.15) is 5.82 Å². The molecule has 0 aliphatic heterocycles. The number of pyridine rings is 1. The SMILES string of the molecule is Cc1cccc(-c2ccc(CNc3nccc4cc(-c5ccccc5)ccc34)cc2)c1. The van der Waals surface area contributed by atoms with E-state index in [9.17, 15) is 0 Å². The summed E-state index contributed by atoms with van der Waals surface area (Å²) in [6.07, 6.45) is 1.88. The Labute approximate surface area is 183 Å². The number of aryl methyl sites for hydroxylation is 1. The van der Waals surface area contributed by atoms with Crippen molar-refractivity contribution in [3.05, 3.63) is 120 Å². The molecule has 0 fully saturated rings. The van der Waals surface area contributed by atoms with Gasteiger partial charge in [0.25, 0.3) is 0 Å². The van der Waals surface area contributed by atoms with Crippen LogP contribution >= 0.6 is 0 Å². The first-order valence-electron chi connectivity index (χ1n) is 10.6. The lowest BCUT2D eigenvalue weighted by molar-refractivity contribution is 1.12. The zero-order chi connectivity index (χ0) is 21.0. The first kappa shape index (κ1) is 19.1. The van der Waals surface area contributed by atoms with Crippen molar-refractivity contribution in [2.45, 2.75) is 13.5 Å². The number of nitrogens with zero attached hydrogens (tertiary/aromatic N) is 1. The van der Waals surface area contributed by atoms with Crippen LogP contribution in [-0.2, 0) is 6.54 Å². The molecule has 5 aromatic rings. The summed E-state index contributed by atoms with van der Waals surface area (Å²) in [6.45, 7) is 2.86. The Kier molecular flexibility index (Phi) is 5.20. The van der Waals surface area contributed by atoms with E-state index in [-0.39, 0.29) is 0 Å². The van der Waals surface area contributed by atoms with E-state index < -0.39 is 0 Å². The van der Waals surface area contributed by atoms with Crippen LogP contribution in [0.2, 0.25) is 0 Å². The number of fused-ring (bicyclic) bond motifs is 1. The van der Waals surface area contributed by atoms with Gasteiger partial charge in [-0.3, -0.25) is 0 Å². The van der Waals surface area contributed by atoms with E-state index in [1.807, 2.05) is 12.3 Å². The van der Waals surface area contributed by atoms with Crippen LogP contribution < -0.4 is 5.32 Å². The molecule has 0 spiro atoms. The molecule has 2 nitrogen and oxygen atoms in total. The van der Waals surface area contributed by atoms with Crippen molar-refractivity contribution < 1.29 is 0 Å². The number of anilines is 1. The van der Waals surface area contributed by atoms with Crippen molar-refractivity contribution in [3.8, 4) is 22.3 Å². The fraction of sp³-hybridized carbons (Fsp3) is 0.0690. The van der Waals surface area contributed by atoms with Gasteiger partial charge < -0.3 is 5.32 Å². The average molecular weight is 401 g/mol. The van der Waals surface area contributed by atoms with Crippen LogP contribution in [0.3, 0.4) is 0 Å². The Morgan fingerprint density at radius 1 is 0.645 bits per heavy atom. The van der Waals surface area contributed by atoms with E-state index in [0.717, 1.165) is 17.7 Å². The van der Waals surface area contributed by atoms with Gasteiger partial charge in [0.15, 0.2) is 0 Å². The predicted octanol–water partition coefficient (Wildman–Crippen LogP) is 7.49. The van der Waals surface area contributed by atoms with Gasteiger partial charge >= 0.3 is 0 Å². The molecule has 0 amide bonds. The number of nitrogens with one attached hydrogen (secondary N) is 1. The van der Waals surface area contributed by atoms with Gasteiger partial charge in [-0.05, 0) is 52.3 Å². The Morgan fingerprint density at radius 2 is 1.35 bits per heavy atom. The van der Waals surface area contributed by atoms with Crippen molar-refractivity contribution in [1.29, 1.82) is 0 Å². The molecule has 5 rings (SSSR count). The zero-order valence-corrected chi connectivity index (χ0v) is 17.5. The molecular formula is C29H24N2. The molecule has 2 heteroatoms. The predicted molar refractivity (Wildman–Crippen MR) is 131 cm³/mol. The molecule has 4 aromatic carbocycles. The lowest BCUT2D eigenvalue weighted by Gasteiger charge is -2.11. The number of rotatable bonds is 5. The van der Waals surface area contributed by atoms with Gasteiger partial charge in [-0.25, -0.2) is 4.98 Å². The third kappa shape index (κ3) is 4.19. The summed E-state index contributed by atoms with van der Waals surface area (Å²) >= 11 is 0. The van der Waals surface area contributed by atoms with Crippen molar-refractivity contribution in [3.63, 3.8) is 0 Å². The van der Waals surface area contributed by atoms with E-state index >= 15 is 0 Å². The fourth-order valence-corrected chi connectivity index (χ4v) is 3.95. The highest BCUT2D eigenvalue weighted by Crippen LogP contribution is 2.28. The first-order chi connectivity index (χ1) is 15.3. The smallest absolute Gasteiger partial charge is 0.134 e. The lowest BCUT2D eigenvalue weighted by Crippen LogP contribution is -2.01. The Balaban J connectivity index is 1.35. The summed E-state index contributed by atoms with van der Waals surface area (Å²) in [7, 11) is 0. The molecule has 0 saturated carbocycles. The third-order valence-electron chi connectivity index (χ3n) is 5.64. The monoisotopic (exact) mass is 400 g/mol. The molecule has 1 heterocycles. The summed E-state index contributed by atoms with van der Waals surface area (Å²) < 4.78 is 0. The average Bonchev–Trinajstić information content (AvgIpc) is 2.83. The molecule has 0 bridgehead atoms. The molecule has 0 aliphatic carbocycles. The number of aromatic nitrogens is 1. The highest BCUT2D eigenvalue weighted by atomic mass is 15.0. The van der Waals surface area contributed by atoms with Gasteiger partial charge in [-0.15, -0.1) is 0 Å². The maximum absolute atomic E-state index is 4.59. The van der Waals surface area contributed by atoms with Crippen LogP contribution in [0.1, 0.15) is 11.1 Å². The first-order valence-corrected chi connectivity index (χ1v) is 10.6. The maximum atomic E-state index is 4.59. The minimum absolute atomic E-state index is 0.737. The quantitative estimate of drug-likeness (QED) is 0.330. The zero-order valence-electron chi connectivity index (χ0n) is 17.5. The Bertz CT molecular complexity index is 1320. The fourth-order valence-electron chi connectivity index (χ4n) is 3.95.